The zero-order valence-electron chi connectivity index (χ0n) is 19.4. The van der Waals surface area contributed by atoms with Crippen molar-refractivity contribution in [3.63, 3.8) is 0 Å². The van der Waals surface area contributed by atoms with E-state index in [1.807, 2.05) is 18.2 Å². The molecule has 0 amide bonds. The van der Waals surface area contributed by atoms with Crippen molar-refractivity contribution in [3.8, 4) is 11.5 Å². The predicted octanol–water partition coefficient (Wildman–Crippen LogP) is 7.15. The van der Waals surface area contributed by atoms with E-state index in [0.29, 0.717) is 5.56 Å². The summed E-state index contributed by atoms with van der Waals surface area (Å²) in [5.74, 6) is 1.56. The van der Waals surface area contributed by atoms with Crippen molar-refractivity contribution < 1.29 is 13.6 Å². The average molecular weight is 409 g/mol. The van der Waals surface area contributed by atoms with Gasteiger partial charge in [-0.2, -0.15) is 0 Å². The van der Waals surface area contributed by atoms with Crippen LogP contribution in [0.2, 0.25) is 38.3 Å². The fourth-order valence-corrected chi connectivity index (χ4v) is 10.9. The minimum absolute atomic E-state index is 0.0379. The summed E-state index contributed by atoms with van der Waals surface area (Å²) in [4.78, 5) is 12.1. The Morgan fingerprint density at radius 3 is 1.37 bits per heavy atom. The van der Waals surface area contributed by atoms with Crippen molar-refractivity contribution in [2.75, 3.05) is 0 Å². The molecular formula is C22H40O3Si2. The van der Waals surface area contributed by atoms with Crippen LogP contribution in [-0.4, -0.2) is 22.4 Å². The van der Waals surface area contributed by atoms with E-state index in [1.165, 1.54) is 0 Å². The lowest BCUT2D eigenvalue weighted by molar-refractivity contribution is 0.101. The molecule has 0 N–H and O–H groups in total. The van der Waals surface area contributed by atoms with Crippen molar-refractivity contribution in [2.24, 2.45) is 10.8 Å². The molecule has 1 rings (SSSR count). The Morgan fingerprint density at radius 2 is 1.11 bits per heavy atom. The third kappa shape index (κ3) is 9.61. The average Bonchev–Trinajstić information content (AvgIpc) is 2.29. The maximum atomic E-state index is 12.1. The van der Waals surface area contributed by atoms with Crippen LogP contribution in [0.15, 0.2) is 18.2 Å². The van der Waals surface area contributed by atoms with Gasteiger partial charge >= 0.3 is 0 Å². The van der Waals surface area contributed by atoms with Crippen molar-refractivity contribution >= 4 is 22.4 Å². The molecule has 0 aliphatic carbocycles. The SMILES string of the molecule is CC(=O)c1cc(O[Si](C)(C)CC(C)(C)C)cc(O[Si](C)(C)CC(C)(C)C)c1. The lowest BCUT2D eigenvalue weighted by atomic mass is 10.0. The van der Waals surface area contributed by atoms with E-state index in [2.05, 4.69) is 67.7 Å². The molecule has 5 heteroatoms. The third-order valence-corrected chi connectivity index (χ3v) is 9.39. The highest BCUT2D eigenvalue weighted by Gasteiger charge is 2.33. The van der Waals surface area contributed by atoms with Crippen molar-refractivity contribution in [2.45, 2.75) is 86.7 Å². The van der Waals surface area contributed by atoms with Crippen LogP contribution in [0, 0.1) is 10.8 Å². The maximum absolute atomic E-state index is 12.1. The normalized spacial score (nSPS) is 13.4. The molecule has 0 radical (unpaired) electrons. The van der Waals surface area contributed by atoms with E-state index in [1.54, 1.807) is 6.92 Å². The molecule has 0 heterocycles. The van der Waals surface area contributed by atoms with Crippen molar-refractivity contribution in [1.82, 2.24) is 0 Å². The molecule has 3 nitrogen and oxygen atoms in total. The minimum atomic E-state index is -1.91. The number of carbonyl (C=O) groups is 1. The fourth-order valence-electron chi connectivity index (χ4n) is 4.16. The van der Waals surface area contributed by atoms with Crippen LogP contribution in [0.25, 0.3) is 0 Å². The van der Waals surface area contributed by atoms with Gasteiger partial charge in [-0.1, -0.05) is 41.5 Å². The molecule has 0 bridgehead atoms. The van der Waals surface area contributed by atoms with E-state index in [9.17, 15) is 4.79 Å². The molecule has 0 saturated carbocycles. The van der Waals surface area contributed by atoms with Crippen LogP contribution in [0.5, 0.6) is 11.5 Å². The van der Waals surface area contributed by atoms with Gasteiger partial charge in [0.1, 0.15) is 11.5 Å². The molecule has 0 unspecified atom stereocenters. The number of benzene rings is 1. The van der Waals surface area contributed by atoms with Gasteiger partial charge in [-0.05, 0) is 68.2 Å². The van der Waals surface area contributed by atoms with Gasteiger partial charge in [-0.3, -0.25) is 4.79 Å². The second-order valence-corrected chi connectivity index (χ2v) is 19.6. The summed E-state index contributed by atoms with van der Waals surface area (Å²) >= 11 is 0. The van der Waals surface area contributed by atoms with E-state index in [-0.39, 0.29) is 16.6 Å². The van der Waals surface area contributed by atoms with E-state index >= 15 is 0 Å². The lowest BCUT2D eigenvalue weighted by Gasteiger charge is -2.33. The Bertz CT molecular complexity index is 617. The van der Waals surface area contributed by atoms with Gasteiger partial charge in [-0.25, -0.2) is 0 Å². The number of ketones is 1. The molecule has 0 aliphatic rings. The summed E-state index contributed by atoms with van der Waals surface area (Å²) in [6.07, 6.45) is 0. The van der Waals surface area contributed by atoms with Crippen LogP contribution < -0.4 is 8.85 Å². The standard InChI is InChI=1S/C22H40O3Si2/c1-17(23)18-12-19(24-26(8,9)15-21(2,3)4)14-20(13-18)25-27(10,11)16-22(5,6)7/h12-14H,15-16H2,1-11H3. The van der Waals surface area contributed by atoms with Crippen LogP contribution in [0.1, 0.15) is 58.8 Å². The predicted molar refractivity (Wildman–Crippen MR) is 121 cm³/mol. The van der Waals surface area contributed by atoms with Gasteiger partial charge in [0, 0.05) is 11.6 Å². The van der Waals surface area contributed by atoms with Crippen LogP contribution >= 0.6 is 0 Å². The van der Waals surface area contributed by atoms with Gasteiger partial charge in [0.25, 0.3) is 0 Å². The molecule has 0 aromatic heterocycles. The molecule has 154 valence electrons. The zero-order chi connectivity index (χ0) is 21.3. The lowest BCUT2D eigenvalue weighted by Crippen LogP contribution is -2.39. The number of hydrogen-bond acceptors (Lipinski definition) is 3. The van der Waals surface area contributed by atoms with Crippen LogP contribution in [0.3, 0.4) is 0 Å². The van der Waals surface area contributed by atoms with Gasteiger partial charge in [0.2, 0.25) is 16.6 Å². The number of Topliss-reactive ketones (excluding diaryl/α,β-unsaturated/α-hetero) is 1. The summed E-state index contributed by atoms with van der Waals surface area (Å²) in [6.45, 7) is 24.0. The third-order valence-electron chi connectivity index (χ3n) is 3.99. The summed E-state index contributed by atoms with van der Waals surface area (Å²) in [5.41, 5.74) is 1.09. The second kappa shape index (κ2) is 8.12. The smallest absolute Gasteiger partial charge is 0.245 e. The first-order valence-corrected chi connectivity index (χ1v) is 16.1. The Balaban J connectivity index is 3.16. The Hall–Kier alpha value is -1.08. The van der Waals surface area contributed by atoms with Crippen LogP contribution in [-0.2, 0) is 0 Å². The van der Waals surface area contributed by atoms with Crippen molar-refractivity contribution in [1.29, 1.82) is 0 Å². The molecule has 0 aliphatic heterocycles. The highest BCUT2D eigenvalue weighted by molar-refractivity contribution is 6.72. The van der Waals surface area contributed by atoms with E-state index < -0.39 is 16.6 Å². The summed E-state index contributed by atoms with van der Waals surface area (Å²) in [6, 6.07) is 7.80. The Kier molecular flexibility index (Phi) is 7.20. The molecule has 1 aromatic carbocycles. The monoisotopic (exact) mass is 408 g/mol. The number of hydrogen-bond donors (Lipinski definition) is 0. The molecule has 27 heavy (non-hydrogen) atoms. The fraction of sp³-hybridized carbons (Fsp3) is 0.682. The molecule has 0 fully saturated rings. The summed E-state index contributed by atoms with van der Waals surface area (Å²) < 4.78 is 12.9. The van der Waals surface area contributed by atoms with Gasteiger partial charge in [0.15, 0.2) is 5.78 Å². The highest BCUT2D eigenvalue weighted by atomic mass is 28.4. The molecule has 0 spiro atoms. The molecule has 1 aromatic rings. The van der Waals surface area contributed by atoms with E-state index in [4.69, 9.17) is 8.85 Å². The molecular weight excluding hydrogens is 368 g/mol. The maximum Gasteiger partial charge on any atom is 0.245 e. The van der Waals surface area contributed by atoms with Gasteiger partial charge < -0.3 is 8.85 Å². The van der Waals surface area contributed by atoms with Crippen molar-refractivity contribution in [3.05, 3.63) is 23.8 Å². The largest absolute Gasteiger partial charge is 0.544 e. The highest BCUT2D eigenvalue weighted by Crippen LogP contribution is 2.34. The van der Waals surface area contributed by atoms with Gasteiger partial charge in [0.05, 0.1) is 0 Å². The molecule has 0 atom stereocenters. The first-order valence-electron chi connectivity index (χ1n) is 9.92. The first-order chi connectivity index (χ1) is 11.9. The van der Waals surface area contributed by atoms with Crippen LogP contribution in [0.4, 0.5) is 0 Å². The topological polar surface area (TPSA) is 35.5 Å². The first kappa shape index (κ1) is 24.0. The Labute approximate surface area is 169 Å². The minimum Gasteiger partial charge on any atom is -0.544 e. The Morgan fingerprint density at radius 1 is 0.778 bits per heavy atom. The quantitative estimate of drug-likeness (QED) is 0.355. The number of carbonyl (C=O) groups excluding carboxylic acids is 1. The summed E-state index contributed by atoms with van der Waals surface area (Å²) in [7, 11) is -3.83. The van der Waals surface area contributed by atoms with E-state index in [0.717, 1.165) is 23.6 Å². The number of rotatable bonds is 7. The summed E-state index contributed by atoms with van der Waals surface area (Å²) in [5, 5.41) is 0. The zero-order valence-corrected chi connectivity index (χ0v) is 21.4. The van der Waals surface area contributed by atoms with Gasteiger partial charge in [-0.15, -0.1) is 0 Å². The molecule has 0 saturated heterocycles. The second-order valence-electron chi connectivity index (χ2n) is 11.4.